The summed E-state index contributed by atoms with van der Waals surface area (Å²) in [6, 6.07) is 0. The molecular weight excluding hydrogens is 290 g/mol. The highest BCUT2D eigenvalue weighted by Gasteiger charge is 2.21. The van der Waals surface area contributed by atoms with Crippen molar-refractivity contribution in [1.29, 1.82) is 0 Å². The lowest BCUT2D eigenvalue weighted by molar-refractivity contribution is -0.118. The van der Waals surface area contributed by atoms with Gasteiger partial charge in [-0.3, -0.25) is 9.59 Å². The summed E-state index contributed by atoms with van der Waals surface area (Å²) in [6.07, 6.45) is 4.04. The van der Waals surface area contributed by atoms with Crippen molar-refractivity contribution in [2.75, 3.05) is 30.3 Å². The Morgan fingerprint density at radius 2 is 2.00 bits per heavy atom. The summed E-state index contributed by atoms with van der Waals surface area (Å²) >= 11 is 1.34. The van der Waals surface area contributed by atoms with Crippen LogP contribution < -0.4 is 21.7 Å². The Kier molecular flexibility index (Phi) is 5.38. The van der Waals surface area contributed by atoms with Gasteiger partial charge in [0.25, 0.3) is 5.91 Å². The highest BCUT2D eigenvalue weighted by Crippen LogP contribution is 2.30. The zero-order chi connectivity index (χ0) is 15.2. The Morgan fingerprint density at radius 1 is 1.29 bits per heavy atom. The topological polar surface area (TPSA) is 114 Å². The number of amides is 2. The molecule has 0 spiro atoms. The van der Waals surface area contributed by atoms with Gasteiger partial charge in [0.15, 0.2) is 5.13 Å². The van der Waals surface area contributed by atoms with E-state index in [1.165, 1.54) is 11.3 Å². The molecular formula is C13H21N5O2S. The molecule has 0 atom stereocenters. The third kappa shape index (κ3) is 4.32. The van der Waals surface area contributed by atoms with Crippen molar-refractivity contribution in [3.8, 4) is 0 Å². The minimum Gasteiger partial charge on any atom is -0.382 e. The van der Waals surface area contributed by atoms with Gasteiger partial charge in [0.1, 0.15) is 10.7 Å². The van der Waals surface area contributed by atoms with E-state index < -0.39 is 0 Å². The fourth-order valence-corrected chi connectivity index (χ4v) is 3.19. The third-order valence-corrected chi connectivity index (χ3v) is 4.49. The number of anilines is 2. The standard InChI is InChI=1S/C13H21N5O2S/c14-9(19)5-1-2-6-16-12(20)10-11(15)17-13(21-10)18-7-3-4-8-18/h1-8,15H2,(H2,14,19)(H,16,20). The van der Waals surface area contributed by atoms with Crippen LogP contribution in [0.5, 0.6) is 0 Å². The van der Waals surface area contributed by atoms with Gasteiger partial charge in [-0.1, -0.05) is 11.3 Å². The van der Waals surface area contributed by atoms with Gasteiger partial charge < -0.3 is 21.7 Å². The SMILES string of the molecule is NC(=O)CCCCNC(=O)c1sc(N2CCCC2)nc1N. The van der Waals surface area contributed by atoms with Gasteiger partial charge in [0, 0.05) is 26.1 Å². The molecule has 0 aliphatic carbocycles. The van der Waals surface area contributed by atoms with Crippen LogP contribution in [0.3, 0.4) is 0 Å². The lowest BCUT2D eigenvalue weighted by Gasteiger charge is -2.11. The molecule has 0 bridgehead atoms. The average Bonchev–Trinajstić information content (AvgIpc) is 3.06. The number of rotatable bonds is 7. The normalized spacial score (nSPS) is 14.4. The number of hydrogen-bond donors (Lipinski definition) is 3. The van der Waals surface area contributed by atoms with Crippen molar-refractivity contribution in [3.05, 3.63) is 4.88 Å². The van der Waals surface area contributed by atoms with Crippen LogP contribution in [-0.2, 0) is 4.79 Å². The molecule has 0 radical (unpaired) electrons. The maximum absolute atomic E-state index is 12.1. The first-order valence-corrected chi connectivity index (χ1v) is 7.97. The molecule has 1 aromatic rings. The number of carbonyl (C=O) groups excluding carboxylic acids is 2. The fourth-order valence-electron chi connectivity index (χ4n) is 2.23. The van der Waals surface area contributed by atoms with E-state index in [0.717, 1.165) is 31.1 Å². The van der Waals surface area contributed by atoms with Crippen LogP contribution in [0.2, 0.25) is 0 Å². The number of thiazole rings is 1. The number of nitrogen functional groups attached to an aromatic ring is 1. The molecule has 2 heterocycles. The van der Waals surface area contributed by atoms with E-state index in [2.05, 4.69) is 15.2 Å². The smallest absolute Gasteiger partial charge is 0.265 e. The van der Waals surface area contributed by atoms with Crippen LogP contribution in [0.1, 0.15) is 41.8 Å². The number of nitrogens with one attached hydrogen (secondary N) is 1. The van der Waals surface area contributed by atoms with Crippen molar-refractivity contribution < 1.29 is 9.59 Å². The molecule has 2 amide bonds. The van der Waals surface area contributed by atoms with Crippen molar-refractivity contribution >= 4 is 34.1 Å². The van der Waals surface area contributed by atoms with Gasteiger partial charge in [-0.2, -0.15) is 0 Å². The molecule has 8 heteroatoms. The minimum atomic E-state index is -0.316. The van der Waals surface area contributed by atoms with Crippen LogP contribution in [0.25, 0.3) is 0 Å². The van der Waals surface area contributed by atoms with E-state index in [1.807, 2.05) is 0 Å². The number of unbranched alkanes of at least 4 members (excludes halogenated alkanes) is 1. The first kappa shape index (κ1) is 15.6. The molecule has 1 aliphatic heterocycles. The predicted molar refractivity (Wildman–Crippen MR) is 83.4 cm³/mol. The van der Waals surface area contributed by atoms with E-state index in [4.69, 9.17) is 11.5 Å². The number of nitrogens with two attached hydrogens (primary N) is 2. The summed E-state index contributed by atoms with van der Waals surface area (Å²) in [5.74, 6) is -0.227. The maximum Gasteiger partial charge on any atom is 0.265 e. The summed E-state index contributed by atoms with van der Waals surface area (Å²) in [5.41, 5.74) is 10.9. The number of aromatic nitrogens is 1. The highest BCUT2D eigenvalue weighted by atomic mass is 32.1. The zero-order valence-corrected chi connectivity index (χ0v) is 12.7. The molecule has 1 aliphatic rings. The van der Waals surface area contributed by atoms with E-state index in [9.17, 15) is 9.59 Å². The van der Waals surface area contributed by atoms with Crippen molar-refractivity contribution in [2.24, 2.45) is 5.73 Å². The molecule has 0 saturated carbocycles. The molecule has 5 N–H and O–H groups in total. The molecule has 0 unspecified atom stereocenters. The van der Waals surface area contributed by atoms with Crippen molar-refractivity contribution in [2.45, 2.75) is 32.1 Å². The molecule has 2 rings (SSSR count). The Morgan fingerprint density at radius 3 is 2.67 bits per heavy atom. The van der Waals surface area contributed by atoms with Crippen LogP contribution in [-0.4, -0.2) is 36.4 Å². The second-order valence-corrected chi connectivity index (χ2v) is 6.06. The maximum atomic E-state index is 12.1. The van der Waals surface area contributed by atoms with Crippen LogP contribution >= 0.6 is 11.3 Å². The highest BCUT2D eigenvalue weighted by molar-refractivity contribution is 7.18. The number of primary amides is 1. The minimum absolute atomic E-state index is 0.200. The van der Waals surface area contributed by atoms with Gasteiger partial charge in [-0.25, -0.2) is 4.98 Å². The predicted octanol–water partition coefficient (Wildman–Crippen LogP) is 0.711. The van der Waals surface area contributed by atoms with Crippen LogP contribution in [0, 0.1) is 0 Å². The van der Waals surface area contributed by atoms with Gasteiger partial charge >= 0.3 is 0 Å². The van der Waals surface area contributed by atoms with Gasteiger partial charge in [-0.15, -0.1) is 0 Å². The second-order valence-electron chi connectivity index (χ2n) is 5.08. The Bertz CT molecular complexity index is 511. The fraction of sp³-hybridized carbons (Fsp3) is 0.615. The summed E-state index contributed by atoms with van der Waals surface area (Å²) in [7, 11) is 0. The molecule has 21 heavy (non-hydrogen) atoms. The molecule has 1 aromatic heterocycles. The second kappa shape index (κ2) is 7.26. The van der Waals surface area contributed by atoms with E-state index in [0.29, 0.717) is 30.7 Å². The largest absolute Gasteiger partial charge is 0.382 e. The number of nitrogens with zero attached hydrogens (tertiary/aromatic N) is 2. The lowest BCUT2D eigenvalue weighted by Crippen LogP contribution is -2.24. The van der Waals surface area contributed by atoms with E-state index in [1.54, 1.807) is 0 Å². The number of carbonyl (C=O) groups is 2. The van der Waals surface area contributed by atoms with E-state index in [-0.39, 0.29) is 17.6 Å². The van der Waals surface area contributed by atoms with Crippen LogP contribution in [0.15, 0.2) is 0 Å². The van der Waals surface area contributed by atoms with Crippen LogP contribution in [0.4, 0.5) is 10.9 Å². The molecule has 1 fully saturated rings. The summed E-state index contributed by atoms with van der Waals surface area (Å²) < 4.78 is 0. The van der Waals surface area contributed by atoms with Crippen molar-refractivity contribution in [3.63, 3.8) is 0 Å². The zero-order valence-electron chi connectivity index (χ0n) is 11.9. The first-order chi connectivity index (χ1) is 10.1. The van der Waals surface area contributed by atoms with E-state index >= 15 is 0 Å². The lowest BCUT2D eigenvalue weighted by atomic mass is 10.2. The molecule has 1 saturated heterocycles. The molecule has 116 valence electrons. The van der Waals surface area contributed by atoms with Gasteiger partial charge in [-0.05, 0) is 25.7 Å². The quantitative estimate of drug-likeness (QED) is 0.642. The molecule has 0 aromatic carbocycles. The summed E-state index contributed by atoms with van der Waals surface area (Å²) in [4.78, 5) is 29.6. The Labute approximate surface area is 127 Å². The van der Waals surface area contributed by atoms with Gasteiger partial charge in [0.2, 0.25) is 5.91 Å². The monoisotopic (exact) mass is 311 g/mol. The molecule has 7 nitrogen and oxygen atoms in total. The Hall–Kier alpha value is -1.83. The average molecular weight is 311 g/mol. The van der Waals surface area contributed by atoms with Gasteiger partial charge in [0.05, 0.1) is 0 Å². The Balaban J connectivity index is 1.83. The van der Waals surface area contributed by atoms with Crippen molar-refractivity contribution in [1.82, 2.24) is 10.3 Å². The first-order valence-electron chi connectivity index (χ1n) is 7.15. The number of hydrogen-bond acceptors (Lipinski definition) is 6. The third-order valence-electron chi connectivity index (χ3n) is 3.36. The summed E-state index contributed by atoms with van der Waals surface area (Å²) in [5, 5.41) is 3.62. The summed E-state index contributed by atoms with van der Waals surface area (Å²) in [6.45, 7) is 2.45.